The van der Waals surface area contributed by atoms with E-state index in [4.69, 9.17) is 11.6 Å². The number of nitrogens with one attached hydrogen (secondary N) is 1. The highest BCUT2D eigenvalue weighted by Gasteiger charge is 2.23. The van der Waals surface area contributed by atoms with Crippen molar-refractivity contribution in [2.45, 2.75) is 12.8 Å². The highest BCUT2D eigenvalue weighted by molar-refractivity contribution is 6.34. The Bertz CT molecular complexity index is 657. The zero-order chi connectivity index (χ0) is 16.8. The Morgan fingerprint density at radius 2 is 2.22 bits per heavy atom. The Balaban J connectivity index is 2.06. The van der Waals surface area contributed by atoms with E-state index in [1.54, 1.807) is 23.1 Å². The molecule has 2 amide bonds. The lowest BCUT2D eigenvalue weighted by Gasteiger charge is -2.17. The van der Waals surface area contributed by atoms with E-state index >= 15 is 0 Å². The van der Waals surface area contributed by atoms with Crippen LogP contribution in [0.3, 0.4) is 0 Å². The maximum absolute atomic E-state index is 12.2. The van der Waals surface area contributed by atoms with Crippen LogP contribution in [-0.4, -0.2) is 38.0 Å². The van der Waals surface area contributed by atoms with Crippen LogP contribution in [0.1, 0.15) is 23.2 Å². The molecule has 122 valence electrons. The minimum absolute atomic E-state index is 0.0414. The predicted octanol–water partition coefficient (Wildman–Crippen LogP) is 1.93. The summed E-state index contributed by atoms with van der Waals surface area (Å²) in [6, 6.07) is 4.92. The molecular formula is C16H17ClN2O4. The van der Waals surface area contributed by atoms with Crippen molar-refractivity contribution in [3.8, 4) is 0 Å². The standard InChI is InChI=1S/C16H17ClN2O4/c1-23-15(21)5-2-8-18-16(22)12-10-11(6-7-13(12)17)19-9-3-4-14(19)20/h2,5-7,10H,3-4,8-9H2,1H3,(H,18,22)/b5-2+. The van der Waals surface area contributed by atoms with Gasteiger partial charge >= 0.3 is 5.97 Å². The smallest absolute Gasteiger partial charge is 0.330 e. The van der Waals surface area contributed by atoms with Crippen molar-refractivity contribution in [3.05, 3.63) is 40.9 Å². The summed E-state index contributed by atoms with van der Waals surface area (Å²) in [6.07, 6.45) is 4.02. The molecular weight excluding hydrogens is 320 g/mol. The van der Waals surface area contributed by atoms with Crippen LogP contribution in [0.2, 0.25) is 5.02 Å². The van der Waals surface area contributed by atoms with Crippen LogP contribution in [0, 0.1) is 0 Å². The van der Waals surface area contributed by atoms with Gasteiger partial charge in [-0.2, -0.15) is 0 Å². The van der Waals surface area contributed by atoms with Gasteiger partial charge in [-0.1, -0.05) is 17.7 Å². The third kappa shape index (κ3) is 4.32. The van der Waals surface area contributed by atoms with Gasteiger partial charge in [0.25, 0.3) is 5.91 Å². The van der Waals surface area contributed by atoms with Gasteiger partial charge in [0, 0.05) is 31.3 Å². The summed E-state index contributed by atoms with van der Waals surface area (Å²) in [6.45, 7) is 0.806. The van der Waals surface area contributed by atoms with Gasteiger partial charge in [0.1, 0.15) is 0 Å². The average Bonchev–Trinajstić information content (AvgIpc) is 2.97. The first-order chi connectivity index (χ1) is 11.0. The summed E-state index contributed by atoms with van der Waals surface area (Å²) in [4.78, 5) is 36.5. The number of hydrogen-bond acceptors (Lipinski definition) is 4. The van der Waals surface area contributed by atoms with Crippen molar-refractivity contribution in [1.82, 2.24) is 5.32 Å². The number of amides is 2. The molecule has 0 aliphatic carbocycles. The van der Waals surface area contributed by atoms with Gasteiger partial charge in [0.15, 0.2) is 0 Å². The van der Waals surface area contributed by atoms with Crippen LogP contribution in [0.25, 0.3) is 0 Å². The number of esters is 1. The highest BCUT2D eigenvalue weighted by atomic mass is 35.5. The van der Waals surface area contributed by atoms with Crippen molar-refractivity contribution in [2.75, 3.05) is 25.1 Å². The van der Waals surface area contributed by atoms with Crippen molar-refractivity contribution >= 4 is 35.1 Å². The first-order valence-corrected chi connectivity index (χ1v) is 7.53. The number of benzene rings is 1. The molecule has 0 atom stereocenters. The molecule has 1 saturated heterocycles. The fraction of sp³-hybridized carbons (Fsp3) is 0.312. The third-order valence-corrected chi connectivity index (χ3v) is 3.74. The Morgan fingerprint density at radius 3 is 2.87 bits per heavy atom. The Kier molecular flexibility index (Phi) is 5.76. The molecule has 1 aromatic rings. The molecule has 0 bridgehead atoms. The van der Waals surface area contributed by atoms with Crippen molar-refractivity contribution in [3.63, 3.8) is 0 Å². The second-order valence-corrected chi connectivity index (χ2v) is 5.36. The monoisotopic (exact) mass is 336 g/mol. The van der Waals surface area contributed by atoms with Crippen molar-refractivity contribution < 1.29 is 19.1 Å². The van der Waals surface area contributed by atoms with Crippen LogP contribution in [-0.2, 0) is 14.3 Å². The maximum Gasteiger partial charge on any atom is 0.330 e. The van der Waals surface area contributed by atoms with Gasteiger partial charge in [0.2, 0.25) is 5.91 Å². The van der Waals surface area contributed by atoms with Crippen molar-refractivity contribution in [2.24, 2.45) is 0 Å². The van der Waals surface area contributed by atoms with E-state index < -0.39 is 5.97 Å². The van der Waals surface area contributed by atoms with E-state index in [0.29, 0.717) is 23.7 Å². The number of rotatable bonds is 5. The van der Waals surface area contributed by atoms with Gasteiger partial charge in [-0.25, -0.2) is 4.79 Å². The molecule has 1 aliphatic rings. The SMILES string of the molecule is COC(=O)/C=C/CNC(=O)c1cc(N2CCCC2=O)ccc1Cl. The first kappa shape index (κ1) is 17.0. The summed E-state index contributed by atoms with van der Waals surface area (Å²) >= 11 is 6.06. The van der Waals surface area contributed by atoms with Gasteiger partial charge in [-0.05, 0) is 24.6 Å². The molecule has 1 fully saturated rings. The highest BCUT2D eigenvalue weighted by Crippen LogP contribution is 2.26. The molecule has 0 spiro atoms. The summed E-state index contributed by atoms with van der Waals surface area (Å²) in [5.41, 5.74) is 0.947. The normalized spacial score (nSPS) is 14.3. The third-order valence-electron chi connectivity index (χ3n) is 3.42. The summed E-state index contributed by atoms with van der Waals surface area (Å²) in [5, 5.41) is 2.93. The summed E-state index contributed by atoms with van der Waals surface area (Å²) in [5.74, 6) is -0.829. The number of carbonyl (C=O) groups excluding carboxylic acids is 3. The van der Waals surface area contributed by atoms with Gasteiger partial charge in [-0.15, -0.1) is 0 Å². The Labute approximate surface area is 139 Å². The molecule has 2 rings (SSSR count). The number of hydrogen-bond donors (Lipinski definition) is 1. The minimum Gasteiger partial charge on any atom is -0.466 e. The molecule has 1 aliphatic heterocycles. The Hall–Kier alpha value is -2.34. The molecule has 1 N–H and O–H groups in total. The Morgan fingerprint density at radius 1 is 1.43 bits per heavy atom. The zero-order valence-corrected chi connectivity index (χ0v) is 13.4. The second-order valence-electron chi connectivity index (χ2n) is 4.95. The number of halogens is 1. The first-order valence-electron chi connectivity index (χ1n) is 7.15. The molecule has 0 saturated carbocycles. The molecule has 0 aromatic heterocycles. The molecule has 0 unspecified atom stereocenters. The molecule has 1 heterocycles. The molecule has 1 aromatic carbocycles. The summed E-state index contributed by atoms with van der Waals surface area (Å²) < 4.78 is 4.45. The van der Waals surface area contributed by atoms with E-state index in [0.717, 1.165) is 6.42 Å². The maximum atomic E-state index is 12.2. The second kappa shape index (κ2) is 7.78. The van der Waals surface area contributed by atoms with E-state index in [9.17, 15) is 14.4 Å². The van der Waals surface area contributed by atoms with E-state index in [1.165, 1.54) is 19.3 Å². The molecule has 23 heavy (non-hydrogen) atoms. The molecule has 7 heteroatoms. The van der Waals surface area contributed by atoms with Crippen LogP contribution >= 0.6 is 11.6 Å². The number of carbonyl (C=O) groups is 3. The number of anilines is 1. The minimum atomic E-state index is -0.494. The quantitative estimate of drug-likeness (QED) is 0.658. The van der Waals surface area contributed by atoms with Gasteiger partial charge in [0.05, 0.1) is 17.7 Å². The molecule has 0 radical (unpaired) electrons. The van der Waals surface area contributed by atoms with Crippen LogP contribution in [0.15, 0.2) is 30.4 Å². The van der Waals surface area contributed by atoms with Crippen molar-refractivity contribution in [1.29, 1.82) is 0 Å². The van der Waals surface area contributed by atoms with Crippen LogP contribution < -0.4 is 10.2 Å². The van der Waals surface area contributed by atoms with Crippen LogP contribution in [0.4, 0.5) is 5.69 Å². The lowest BCUT2D eigenvalue weighted by atomic mass is 10.1. The fourth-order valence-electron chi connectivity index (χ4n) is 2.25. The van der Waals surface area contributed by atoms with Crippen LogP contribution in [0.5, 0.6) is 0 Å². The lowest BCUT2D eigenvalue weighted by molar-refractivity contribution is -0.134. The zero-order valence-electron chi connectivity index (χ0n) is 12.7. The van der Waals surface area contributed by atoms with E-state index in [-0.39, 0.29) is 23.9 Å². The largest absolute Gasteiger partial charge is 0.466 e. The van der Waals surface area contributed by atoms with E-state index in [2.05, 4.69) is 10.1 Å². The number of methoxy groups -OCH3 is 1. The number of ether oxygens (including phenoxy) is 1. The average molecular weight is 337 g/mol. The van der Waals surface area contributed by atoms with Gasteiger partial charge < -0.3 is 15.0 Å². The number of nitrogens with zero attached hydrogens (tertiary/aromatic N) is 1. The predicted molar refractivity (Wildman–Crippen MR) is 86.5 cm³/mol. The van der Waals surface area contributed by atoms with Gasteiger partial charge in [-0.3, -0.25) is 9.59 Å². The lowest BCUT2D eigenvalue weighted by Crippen LogP contribution is -2.26. The fourth-order valence-corrected chi connectivity index (χ4v) is 2.45. The summed E-state index contributed by atoms with van der Waals surface area (Å²) in [7, 11) is 1.27. The molecule has 6 nitrogen and oxygen atoms in total. The topological polar surface area (TPSA) is 75.7 Å². The van der Waals surface area contributed by atoms with E-state index in [1.807, 2.05) is 0 Å².